The summed E-state index contributed by atoms with van der Waals surface area (Å²) in [4.78, 5) is 14.2. The summed E-state index contributed by atoms with van der Waals surface area (Å²) < 4.78 is 55.9. The van der Waals surface area contributed by atoms with Gasteiger partial charge < -0.3 is 15.5 Å². The number of halogens is 4. The lowest BCUT2D eigenvalue weighted by Crippen LogP contribution is -2.46. The van der Waals surface area contributed by atoms with Crippen LogP contribution in [0.4, 0.5) is 8.78 Å². The monoisotopic (exact) mass is 657 g/mol. The van der Waals surface area contributed by atoms with Gasteiger partial charge in [-0.1, -0.05) is 35.3 Å². The van der Waals surface area contributed by atoms with Crippen LogP contribution in [0.1, 0.15) is 44.2 Å². The summed E-state index contributed by atoms with van der Waals surface area (Å²) in [5.41, 5.74) is 1.15. The van der Waals surface area contributed by atoms with E-state index in [1.54, 1.807) is 12.1 Å². The molecule has 234 valence electrons. The Hall–Kier alpha value is -2.67. The first-order valence-electron chi connectivity index (χ1n) is 13.6. The molecule has 1 aromatic heterocycles. The van der Waals surface area contributed by atoms with Gasteiger partial charge in [-0.2, -0.15) is 8.70 Å². The van der Waals surface area contributed by atoms with Crippen LogP contribution in [0.2, 0.25) is 10.0 Å². The average Bonchev–Trinajstić information content (AvgIpc) is 2.90. The topological polar surface area (TPSA) is 120 Å². The molecular formula is C30H35Cl2F2N3O5S. The van der Waals surface area contributed by atoms with Crippen molar-refractivity contribution in [3.05, 3.63) is 81.6 Å². The Morgan fingerprint density at radius 1 is 1.12 bits per heavy atom. The minimum Gasteiger partial charge on any atom is -0.481 e. The number of hydrogen-bond donors (Lipinski definition) is 3. The van der Waals surface area contributed by atoms with Crippen LogP contribution in [0.25, 0.3) is 11.1 Å². The summed E-state index contributed by atoms with van der Waals surface area (Å²) >= 11 is 12.8. The Morgan fingerprint density at radius 3 is 2.42 bits per heavy atom. The molecule has 0 saturated heterocycles. The zero-order valence-electron chi connectivity index (χ0n) is 24.1. The fraction of sp³-hybridized carbons (Fsp3) is 0.400. The zero-order valence-corrected chi connectivity index (χ0v) is 26.4. The molecule has 8 nitrogen and oxygen atoms in total. The lowest BCUT2D eigenvalue weighted by molar-refractivity contribution is -0.136. The van der Waals surface area contributed by atoms with Crippen molar-refractivity contribution in [1.29, 1.82) is 0 Å². The number of β-amino-alcohol motifs (C(OH)–C–C–N with tert-alkyl or cyclic N) is 1. The number of nitrogens with one attached hydrogen (secondary N) is 1. The van der Waals surface area contributed by atoms with Crippen LogP contribution in [0.3, 0.4) is 0 Å². The molecule has 0 amide bonds. The van der Waals surface area contributed by atoms with Crippen molar-refractivity contribution in [3.63, 3.8) is 0 Å². The fourth-order valence-electron chi connectivity index (χ4n) is 4.72. The van der Waals surface area contributed by atoms with E-state index in [0.717, 1.165) is 22.7 Å². The number of hydrogen-bond acceptors (Lipinski definition) is 6. The first-order chi connectivity index (χ1) is 20.1. The molecule has 43 heavy (non-hydrogen) atoms. The van der Waals surface area contributed by atoms with Crippen LogP contribution in [-0.4, -0.2) is 65.7 Å². The Balaban J connectivity index is 1.67. The second-order valence-electron chi connectivity index (χ2n) is 11.0. The third-order valence-electron chi connectivity index (χ3n) is 7.01. The van der Waals surface area contributed by atoms with Crippen molar-refractivity contribution in [2.24, 2.45) is 0 Å². The van der Waals surface area contributed by atoms with Gasteiger partial charge in [-0.15, -0.1) is 0 Å². The van der Waals surface area contributed by atoms with Gasteiger partial charge in [-0.3, -0.25) is 4.79 Å². The summed E-state index contributed by atoms with van der Waals surface area (Å²) in [5.74, 6) is -2.20. The number of aliphatic hydroxyl groups excluding tert-OH is 1. The molecule has 0 fully saturated rings. The molecule has 0 aliphatic rings. The van der Waals surface area contributed by atoms with Crippen molar-refractivity contribution in [1.82, 2.24) is 14.6 Å². The zero-order chi connectivity index (χ0) is 31.9. The predicted octanol–water partition coefficient (Wildman–Crippen LogP) is 5.72. The predicted molar refractivity (Wildman–Crippen MR) is 163 cm³/mol. The van der Waals surface area contributed by atoms with Crippen molar-refractivity contribution in [2.45, 2.75) is 62.5 Å². The second-order valence-corrected chi connectivity index (χ2v) is 13.8. The molecule has 0 radical (unpaired) electrons. The van der Waals surface area contributed by atoms with Crippen LogP contribution in [0.5, 0.6) is 0 Å². The minimum absolute atomic E-state index is 0.0495. The number of aliphatic carboxylic acids is 1. The van der Waals surface area contributed by atoms with E-state index in [9.17, 15) is 27.1 Å². The van der Waals surface area contributed by atoms with E-state index in [-0.39, 0.29) is 52.6 Å². The fourth-order valence-corrected chi connectivity index (χ4v) is 7.09. The third kappa shape index (κ3) is 9.66. The first-order valence-corrected chi connectivity index (χ1v) is 15.8. The molecular weight excluding hydrogens is 623 g/mol. The molecule has 0 unspecified atom stereocenters. The Labute approximate surface area is 260 Å². The van der Waals surface area contributed by atoms with Crippen LogP contribution >= 0.6 is 23.2 Å². The van der Waals surface area contributed by atoms with Gasteiger partial charge in [0.2, 0.25) is 16.0 Å². The molecule has 13 heteroatoms. The lowest BCUT2D eigenvalue weighted by Gasteiger charge is -2.29. The van der Waals surface area contributed by atoms with E-state index in [1.807, 2.05) is 13.8 Å². The summed E-state index contributed by atoms with van der Waals surface area (Å²) in [6.07, 6.45) is 2.32. The smallest absolute Gasteiger partial charge is 0.303 e. The maximum absolute atomic E-state index is 14.8. The molecule has 3 N–H and O–H groups in total. The average molecular weight is 659 g/mol. The highest BCUT2D eigenvalue weighted by Crippen LogP contribution is 2.38. The highest BCUT2D eigenvalue weighted by molar-refractivity contribution is 7.89. The minimum atomic E-state index is -4.26. The maximum atomic E-state index is 14.8. The van der Waals surface area contributed by atoms with E-state index in [4.69, 9.17) is 28.3 Å². The molecule has 3 rings (SSSR count). The van der Waals surface area contributed by atoms with Gasteiger partial charge in [0.05, 0.1) is 16.1 Å². The quantitative estimate of drug-likeness (QED) is 0.179. The standard InChI is InChI=1S/C30H35Cl2F2N3O5S/c1-30(2,12-5-6-19-11-13-35-26(34)14-19)36-17-22(38)18-37(3)43(41,42)29-23(31)15-21(16-24(29)32)28-20(9-10-27(39)40)7-4-8-25(28)33/h4,7-8,11,13-16,22,36,38H,5-6,9-10,12,17-18H2,1-3H3,(H,39,40)/t22-/m1/s1. The number of likely N-dealkylation sites (N-methyl/N-ethyl adjacent to an activating group) is 1. The van der Waals surface area contributed by atoms with Gasteiger partial charge >= 0.3 is 5.97 Å². The van der Waals surface area contributed by atoms with E-state index in [0.29, 0.717) is 12.0 Å². The number of aliphatic hydroxyl groups is 1. The number of carboxylic acids is 1. The van der Waals surface area contributed by atoms with E-state index in [2.05, 4.69) is 10.3 Å². The summed E-state index contributed by atoms with van der Waals surface area (Å²) in [6.45, 7) is 3.75. The molecule has 1 atom stereocenters. The van der Waals surface area contributed by atoms with Crippen LogP contribution in [-0.2, 0) is 27.7 Å². The molecule has 2 aromatic carbocycles. The van der Waals surface area contributed by atoms with Crippen molar-refractivity contribution < 1.29 is 32.2 Å². The lowest BCUT2D eigenvalue weighted by atomic mass is 9.95. The second kappa shape index (κ2) is 14.9. The first kappa shape index (κ1) is 34.8. The number of sulfonamides is 1. The van der Waals surface area contributed by atoms with Crippen molar-refractivity contribution >= 4 is 39.2 Å². The van der Waals surface area contributed by atoms with Crippen LogP contribution in [0.15, 0.2) is 53.6 Å². The number of aromatic nitrogens is 1. The number of nitrogens with zero attached hydrogens (tertiary/aromatic N) is 2. The summed E-state index contributed by atoms with van der Waals surface area (Å²) in [7, 11) is -2.97. The van der Waals surface area contributed by atoms with E-state index >= 15 is 0 Å². The SMILES string of the molecule is CN(C[C@H](O)CNC(C)(C)CCCc1ccnc(F)c1)S(=O)(=O)c1c(Cl)cc(-c2c(F)cccc2CCC(=O)O)cc1Cl. The van der Waals surface area contributed by atoms with Gasteiger partial charge in [-0.05, 0) is 86.6 Å². The Kier molecular flexibility index (Phi) is 12.0. The molecule has 0 aliphatic heterocycles. The molecule has 0 spiro atoms. The van der Waals surface area contributed by atoms with Gasteiger partial charge in [0.25, 0.3) is 0 Å². The molecule has 0 saturated carbocycles. The van der Waals surface area contributed by atoms with Crippen LogP contribution < -0.4 is 5.32 Å². The molecule has 0 aliphatic carbocycles. The van der Waals surface area contributed by atoms with E-state index in [1.165, 1.54) is 43.6 Å². The normalized spacial score (nSPS) is 13.0. The molecule has 3 aromatic rings. The summed E-state index contributed by atoms with van der Waals surface area (Å²) in [5, 5.41) is 22.4. The number of pyridine rings is 1. The largest absolute Gasteiger partial charge is 0.481 e. The molecule has 1 heterocycles. The summed E-state index contributed by atoms with van der Waals surface area (Å²) in [6, 6.07) is 9.95. The molecule has 0 bridgehead atoms. The van der Waals surface area contributed by atoms with Gasteiger partial charge in [-0.25, -0.2) is 17.8 Å². The van der Waals surface area contributed by atoms with Crippen LogP contribution in [0, 0.1) is 11.8 Å². The third-order valence-corrected chi connectivity index (χ3v) is 9.75. The number of rotatable bonds is 15. The highest BCUT2D eigenvalue weighted by atomic mass is 35.5. The van der Waals surface area contributed by atoms with Gasteiger partial charge in [0.15, 0.2) is 0 Å². The van der Waals surface area contributed by atoms with Gasteiger partial charge in [0.1, 0.15) is 10.7 Å². The number of carbonyl (C=O) groups is 1. The number of carboxylic acid groups (broad SMARTS) is 1. The maximum Gasteiger partial charge on any atom is 0.303 e. The van der Waals surface area contributed by atoms with Crippen molar-refractivity contribution in [3.8, 4) is 11.1 Å². The van der Waals surface area contributed by atoms with E-state index < -0.39 is 38.8 Å². The highest BCUT2D eigenvalue weighted by Gasteiger charge is 2.30. The van der Waals surface area contributed by atoms with Gasteiger partial charge in [0, 0.05) is 43.9 Å². The Morgan fingerprint density at radius 2 is 1.79 bits per heavy atom. The Bertz CT molecular complexity index is 1530. The number of benzene rings is 2. The van der Waals surface area contributed by atoms with Crippen molar-refractivity contribution in [2.75, 3.05) is 20.1 Å². The number of aryl methyl sites for hydroxylation is 2.